The largest absolute Gasteiger partial charge is 0.492 e. The summed E-state index contributed by atoms with van der Waals surface area (Å²) < 4.78 is 10.6. The summed E-state index contributed by atoms with van der Waals surface area (Å²) in [7, 11) is 0. The minimum absolute atomic E-state index is 0.222. The van der Waals surface area contributed by atoms with E-state index in [1.54, 1.807) is 6.20 Å². The Hall–Kier alpha value is -2.47. The summed E-state index contributed by atoms with van der Waals surface area (Å²) in [5, 5.41) is 4.87. The number of benzene rings is 1. The van der Waals surface area contributed by atoms with Crippen molar-refractivity contribution in [1.82, 2.24) is 15.1 Å². The van der Waals surface area contributed by atoms with Crippen molar-refractivity contribution in [1.29, 1.82) is 0 Å². The van der Waals surface area contributed by atoms with E-state index in [1.807, 2.05) is 31.2 Å². The summed E-state index contributed by atoms with van der Waals surface area (Å²) in [6.45, 7) is 2.75. The van der Waals surface area contributed by atoms with Crippen LogP contribution in [0.2, 0.25) is 0 Å². The molecule has 0 aliphatic carbocycles. The monoisotopic (exact) mass is 270 g/mol. The molecule has 0 saturated heterocycles. The molecule has 0 fully saturated rings. The van der Waals surface area contributed by atoms with Gasteiger partial charge in [-0.15, -0.1) is 0 Å². The van der Waals surface area contributed by atoms with Gasteiger partial charge in [0.25, 0.3) is 0 Å². The lowest BCUT2D eigenvalue weighted by Crippen LogP contribution is -1.96. The Morgan fingerprint density at radius 1 is 1.30 bits per heavy atom. The fraction of sp³-hybridized carbons (Fsp3) is 0.214. The second-order valence-electron chi connectivity index (χ2n) is 4.16. The molecule has 0 atom stereocenters. The van der Waals surface area contributed by atoms with Crippen LogP contribution in [0.4, 0.5) is 0 Å². The van der Waals surface area contributed by atoms with Gasteiger partial charge in [0.2, 0.25) is 11.7 Å². The predicted molar refractivity (Wildman–Crippen MR) is 74.1 cm³/mol. The van der Waals surface area contributed by atoms with Crippen molar-refractivity contribution < 1.29 is 9.26 Å². The molecule has 0 saturated carbocycles. The zero-order chi connectivity index (χ0) is 13.9. The fourth-order valence-electron chi connectivity index (χ4n) is 2.06. The summed E-state index contributed by atoms with van der Waals surface area (Å²) in [6.07, 6.45) is 1.73. The molecule has 0 amide bonds. The Balaban J connectivity index is 2.19. The van der Waals surface area contributed by atoms with E-state index >= 15 is 0 Å². The molecule has 2 heterocycles. The molecule has 3 rings (SSSR count). The van der Waals surface area contributed by atoms with E-state index in [9.17, 15) is 0 Å². The highest BCUT2D eigenvalue weighted by molar-refractivity contribution is 5.96. The van der Waals surface area contributed by atoms with Crippen LogP contribution in [0.1, 0.15) is 12.8 Å². The van der Waals surface area contributed by atoms with Crippen LogP contribution in [0, 0.1) is 0 Å². The predicted octanol–water partition coefficient (Wildman–Crippen LogP) is 2.14. The van der Waals surface area contributed by atoms with Gasteiger partial charge in [-0.25, -0.2) is 0 Å². The SMILES string of the molecule is CCOc1ccc(-c2noc(CN)n2)c2cccnc12. The van der Waals surface area contributed by atoms with Crippen molar-refractivity contribution in [2.24, 2.45) is 5.73 Å². The maximum atomic E-state index is 5.59. The highest BCUT2D eigenvalue weighted by Crippen LogP contribution is 2.31. The van der Waals surface area contributed by atoms with Crippen molar-refractivity contribution >= 4 is 10.9 Å². The van der Waals surface area contributed by atoms with E-state index in [0.29, 0.717) is 18.3 Å². The standard InChI is InChI=1S/C14H14N4O2/c1-2-19-11-6-5-10(9-4-3-7-16-13(9)11)14-17-12(8-15)20-18-14/h3-7H,2,8,15H2,1H3. The normalized spacial score (nSPS) is 10.9. The van der Waals surface area contributed by atoms with Gasteiger partial charge < -0.3 is 15.0 Å². The number of fused-ring (bicyclic) bond motifs is 1. The molecule has 0 bridgehead atoms. The van der Waals surface area contributed by atoms with Crippen molar-refractivity contribution in [2.75, 3.05) is 6.61 Å². The number of hydrogen-bond acceptors (Lipinski definition) is 6. The van der Waals surface area contributed by atoms with Crippen molar-refractivity contribution in [2.45, 2.75) is 13.5 Å². The van der Waals surface area contributed by atoms with Crippen LogP contribution in [0.5, 0.6) is 5.75 Å². The number of ether oxygens (including phenoxy) is 1. The first kappa shape index (κ1) is 12.6. The van der Waals surface area contributed by atoms with Crippen LogP contribution in [0.3, 0.4) is 0 Å². The van der Waals surface area contributed by atoms with Gasteiger partial charge in [0.05, 0.1) is 13.2 Å². The van der Waals surface area contributed by atoms with Crippen LogP contribution in [-0.4, -0.2) is 21.7 Å². The number of hydrogen-bond donors (Lipinski definition) is 1. The van der Waals surface area contributed by atoms with Gasteiger partial charge in [0.15, 0.2) is 0 Å². The highest BCUT2D eigenvalue weighted by atomic mass is 16.5. The quantitative estimate of drug-likeness (QED) is 0.781. The van der Waals surface area contributed by atoms with Gasteiger partial charge in [-0.1, -0.05) is 11.2 Å². The zero-order valence-corrected chi connectivity index (χ0v) is 11.0. The summed E-state index contributed by atoms with van der Waals surface area (Å²) in [5.41, 5.74) is 7.12. The minimum atomic E-state index is 0.222. The Kier molecular flexibility index (Phi) is 3.30. The molecule has 0 aliphatic heterocycles. The molecule has 2 aromatic heterocycles. The summed E-state index contributed by atoms with van der Waals surface area (Å²) in [6, 6.07) is 7.59. The van der Waals surface area contributed by atoms with E-state index in [-0.39, 0.29) is 6.54 Å². The van der Waals surface area contributed by atoms with Crippen molar-refractivity contribution in [3.63, 3.8) is 0 Å². The van der Waals surface area contributed by atoms with E-state index in [0.717, 1.165) is 22.2 Å². The van der Waals surface area contributed by atoms with Gasteiger partial charge in [-0.05, 0) is 25.1 Å². The van der Waals surface area contributed by atoms with E-state index < -0.39 is 0 Å². The van der Waals surface area contributed by atoms with Crippen LogP contribution >= 0.6 is 0 Å². The second-order valence-corrected chi connectivity index (χ2v) is 4.16. The Morgan fingerprint density at radius 3 is 2.95 bits per heavy atom. The Bertz CT molecular complexity index is 739. The Morgan fingerprint density at radius 2 is 2.20 bits per heavy atom. The third-order valence-electron chi connectivity index (χ3n) is 2.92. The number of aromatic nitrogens is 3. The van der Waals surface area contributed by atoms with Crippen LogP contribution in [0.15, 0.2) is 35.0 Å². The lowest BCUT2D eigenvalue weighted by Gasteiger charge is -2.08. The summed E-state index contributed by atoms with van der Waals surface area (Å²) >= 11 is 0. The highest BCUT2D eigenvalue weighted by Gasteiger charge is 2.14. The van der Waals surface area contributed by atoms with Gasteiger partial charge >= 0.3 is 0 Å². The van der Waals surface area contributed by atoms with Crippen LogP contribution in [0.25, 0.3) is 22.3 Å². The number of rotatable bonds is 4. The third-order valence-corrected chi connectivity index (χ3v) is 2.92. The average molecular weight is 270 g/mol. The van der Waals surface area contributed by atoms with Crippen LogP contribution < -0.4 is 10.5 Å². The van der Waals surface area contributed by atoms with Gasteiger partial charge in [0, 0.05) is 17.1 Å². The first-order valence-corrected chi connectivity index (χ1v) is 6.37. The maximum absolute atomic E-state index is 5.59. The molecule has 0 aliphatic rings. The van der Waals surface area contributed by atoms with E-state index in [2.05, 4.69) is 15.1 Å². The molecule has 1 aromatic carbocycles. The van der Waals surface area contributed by atoms with E-state index in [4.69, 9.17) is 15.0 Å². The third kappa shape index (κ3) is 2.10. The lowest BCUT2D eigenvalue weighted by molar-refractivity contribution is 0.343. The number of pyridine rings is 1. The molecule has 0 spiro atoms. The number of nitrogens with two attached hydrogens (primary N) is 1. The van der Waals surface area contributed by atoms with Gasteiger partial charge in [-0.2, -0.15) is 4.98 Å². The molecule has 102 valence electrons. The maximum Gasteiger partial charge on any atom is 0.240 e. The molecular formula is C14H14N4O2. The molecule has 6 heteroatoms. The smallest absolute Gasteiger partial charge is 0.240 e. The average Bonchev–Trinajstić information content (AvgIpc) is 2.97. The molecule has 20 heavy (non-hydrogen) atoms. The Labute approximate surface area is 115 Å². The first-order chi connectivity index (χ1) is 9.83. The van der Waals surface area contributed by atoms with Gasteiger partial charge in [-0.3, -0.25) is 4.98 Å². The second kappa shape index (κ2) is 5.26. The van der Waals surface area contributed by atoms with E-state index in [1.165, 1.54) is 0 Å². The fourth-order valence-corrected chi connectivity index (χ4v) is 2.06. The summed E-state index contributed by atoms with van der Waals surface area (Å²) in [4.78, 5) is 8.63. The van der Waals surface area contributed by atoms with Crippen molar-refractivity contribution in [3.05, 3.63) is 36.4 Å². The summed E-state index contributed by atoms with van der Waals surface area (Å²) in [5.74, 6) is 1.66. The van der Waals surface area contributed by atoms with Crippen molar-refractivity contribution in [3.8, 4) is 17.1 Å². The topological polar surface area (TPSA) is 87.1 Å². The molecular weight excluding hydrogens is 256 g/mol. The number of nitrogens with zero attached hydrogens (tertiary/aromatic N) is 3. The molecule has 0 radical (unpaired) electrons. The van der Waals surface area contributed by atoms with Gasteiger partial charge in [0.1, 0.15) is 11.3 Å². The zero-order valence-electron chi connectivity index (χ0n) is 11.0. The molecule has 0 unspecified atom stereocenters. The molecule has 2 N–H and O–H groups in total. The van der Waals surface area contributed by atoms with Crippen LogP contribution in [-0.2, 0) is 6.54 Å². The minimum Gasteiger partial charge on any atom is -0.492 e. The molecule has 6 nitrogen and oxygen atoms in total. The lowest BCUT2D eigenvalue weighted by atomic mass is 10.1. The first-order valence-electron chi connectivity index (χ1n) is 6.37. The molecule has 3 aromatic rings.